The fourth-order valence-electron chi connectivity index (χ4n) is 2.62. The molecule has 2 aromatic rings. The average molecular weight is 268 g/mol. The highest BCUT2D eigenvalue weighted by Gasteiger charge is 2.13. The third kappa shape index (κ3) is 2.72. The molecular formula is C17H20N2O. The van der Waals surface area contributed by atoms with Crippen LogP contribution in [0.2, 0.25) is 0 Å². The van der Waals surface area contributed by atoms with Gasteiger partial charge in [0.1, 0.15) is 5.75 Å². The van der Waals surface area contributed by atoms with E-state index < -0.39 is 0 Å². The van der Waals surface area contributed by atoms with Gasteiger partial charge in [0, 0.05) is 30.5 Å². The van der Waals surface area contributed by atoms with Crippen molar-refractivity contribution >= 4 is 11.4 Å². The molecule has 0 saturated heterocycles. The van der Waals surface area contributed by atoms with E-state index in [1.807, 2.05) is 25.1 Å². The van der Waals surface area contributed by atoms with E-state index in [-0.39, 0.29) is 0 Å². The number of hydrogen-bond acceptors (Lipinski definition) is 3. The van der Waals surface area contributed by atoms with Gasteiger partial charge in [-0.25, -0.2) is 0 Å². The molecule has 0 bridgehead atoms. The average Bonchev–Trinajstić information content (AvgIpc) is 2.95. The van der Waals surface area contributed by atoms with Crippen LogP contribution in [0.4, 0.5) is 11.4 Å². The summed E-state index contributed by atoms with van der Waals surface area (Å²) < 4.78 is 5.52. The molecule has 104 valence electrons. The van der Waals surface area contributed by atoms with Gasteiger partial charge in [0.15, 0.2) is 0 Å². The summed E-state index contributed by atoms with van der Waals surface area (Å²) in [4.78, 5) is 0. The fraction of sp³-hybridized carbons (Fsp3) is 0.294. The molecule has 0 saturated carbocycles. The minimum Gasteiger partial charge on any atom is -0.494 e. The zero-order chi connectivity index (χ0) is 13.8. The van der Waals surface area contributed by atoms with Gasteiger partial charge in [-0.1, -0.05) is 24.3 Å². The number of hydrogen-bond donors (Lipinski definition) is 2. The smallest absolute Gasteiger partial charge is 0.121 e. The van der Waals surface area contributed by atoms with Crippen molar-refractivity contribution in [3.63, 3.8) is 0 Å². The molecule has 0 fully saturated rings. The quantitative estimate of drug-likeness (QED) is 0.868. The standard InChI is InChI=1S/C17H20N2O/c1-2-20-16-8-4-7-15(11-16)19-12-14-6-3-5-13-9-10-18-17(13)14/h3-8,11,18-19H,2,9-10,12H2,1H3. The van der Waals surface area contributed by atoms with E-state index in [1.165, 1.54) is 16.8 Å². The van der Waals surface area contributed by atoms with E-state index in [4.69, 9.17) is 4.74 Å². The Labute approximate surface area is 120 Å². The Morgan fingerprint density at radius 3 is 3.00 bits per heavy atom. The first-order valence-electron chi connectivity index (χ1n) is 7.18. The summed E-state index contributed by atoms with van der Waals surface area (Å²) in [6, 6.07) is 14.6. The van der Waals surface area contributed by atoms with E-state index in [1.54, 1.807) is 0 Å². The van der Waals surface area contributed by atoms with Gasteiger partial charge in [-0.2, -0.15) is 0 Å². The van der Waals surface area contributed by atoms with E-state index in [0.29, 0.717) is 6.61 Å². The lowest BCUT2D eigenvalue weighted by Gasteiger charge is -2.12. The summed E-state index contributed by atoms with van der Waals surface area (Å²) in [5, 5.41) is 6.94. The summed E-state index contributed by atoms with van der Waals surface area (Å²) in [5.74, 6) is 0.911. The molecule has 0 spiro atoms. The van der Waals surface area contributed by atoms with Crippen LogP contribution in [0.3, 0.4) is 0 Å². The van der Waals surface area contributed by atoms with E-state index in [9.17, 15) is 0 Å². The maximum Gasteiger partial charge on any atom is 0.121 e. The van der Waals surface area contributed by atoms with Crippen molar-refractivity contribution in [3.8, 4) is 5.75 Å². The number of nitrogens with one attached hydrogen (secondary N) is 2. The Kier molecular flexibility index (Phi) is 3.77. The van der Waals surface area contributed by atoms with Crippen LogP contribution in [0, 0.1) is 0 Å². The summed E-state index contributed by atoms with van der Waals surface area (Å²) in [6.45, 7) is 4.57. The Morgan fingerprint density at radius 2 is 2.10 bits per heavy atom. The van der Waals surface area contributed by atoms with Gasteiger partial charge in [-0.3, -0.25) is 0 Å². The maximum atomic E-state index is 5.52. The lowest BCUT2D eigenvalue weighted by Crippen LogP contribution is -2.03. The highest BCUT2D eigenvalue weighted by molar-refractivity contribution is 5.62. The molecule has 0 radical (unpaired) electrons. The molecule has 1 aliphatic heterocycles. The summed E-state index contributed by atoms with van der Waals surface area (Å²) >= 11 is 0. The first kappa shape index (κ1) is 12.9. The van der Waals surface area contributed by atoms with E-state index >= 15 is 0 Å². The van der Waals surface area contributed by atoms with Crippen LogP contribution >= 0.6 is 0 Å². The third-order valence-electron chi connectivity index (χ3n) is 3.56. The predicted octanol–water partition coefficient (Wildman–Crippen LogP) is 3.67. The summed E-state index contributed by atoms with van der Waals surface area (Å²) in [7, 11) is 0. The minimum absolute atomic E-state index is 0.694. The van der Waals surface area contributed by atoms with E-state index in [2.05, 4.69) is 34.9 Å². The van der Waals surface area contributed by atoms with Gasteiger partial charge in [-0.15, -0.1) is 0 Å². The molecule has 0 aliphatic carbocycles. The number of para-hydroxylation sites is 1. The van der Waals surface area contributed by atoms with Gasteiger partial charge < -0.3 is 15.4 Å². The van der Waals surface area contributed by atoms with Crippen molar-refractivity contribution in [1.82, 2.24) is 0 Å². The molecule has 2 N–H and O–H groups in total. The van der Waals surface area contributed by atoms with Crippen molar-refractivity contribution in [1.29, 1.82) is 0 Å². The Hall–Kier alpha value is -2.16. The van der Waals surface area contributed by atoms with Crippen LogP contribution in [0.1, 0.15) is 18.1 Å². The SMILES string of the molecule is CCOc1cccc(NCc2cccc3c2NCC3)c1. The van der Waals surface area contributed by atoms with Crippen molar-refractivity contribution < 1.29 is 4.74 Å². The number of fused-ring (bicyclic) bond motifs is 1. The van der Waals surface area contributed by atoms with Gasteiger partial charge in [0.2, 0.25) is 0 Å². The zero-order valence-corrected chi connectivity index (χ0v) is 11.8. The molecule has 1 aliphatic rings. The predicted molar refractivity (Wildman–Crippen MR) is 83.6 cm³/mol. The van der Waals surface area contributed by atoms with Crippen molar-refractivity contribution in [3.05, 3.63) is 53.6 Å². The zero-order valence-electron chi connectivity index (χ0n) is 11.8. The number of ether oxygens (including phenoxy) is 1. The molecule has 0 amide bonds. The van der Waals surface area contributed by atoms with Gasteiger partial charge >= 0.3 is 0 Å². The third-order valence-corrected chi connectivity index (χ3v) is 3.56. The molecule has 0 unspecified atom stereocenters. The highest BCUT2D eigenvalue weighted by atomic mass is 16.5. The van der Waals surface area contributed by atoms with Gasteiger partial charge in [0.05, 0.1) is 6.61 Å². The molecule has 0 aromatic heterocycles. The number of rotatable bonds is 5. The Bertz CT molecular complexity index is 595. The van der Waals surface area contributed by atoms with Gasteiger partial charge in [0.25, 0.3) is 0 Å². The molecular weight excluding hydrogens is 248 g/mol. The summed E-state index contributed by atoms with van der Waals surface area (Å²) in [5.41, 5.74) is 5.14. The second kappa shape index (κ2) is 5.87. The van der Waals surface area contributed by atoms with Crippen molar-refractivity contribution in [2.75, 3.05) is 23.8 Å². The van der Waals surface area contributed by atoms with Crippen LogP contribution in [-0.2, 0) is 13.0 Å². The molecule has 0 atom stereocenters. The molecule has 2 aromatic carbocycles. The van der Waals surface area contributed by atoms with Crippen LogP contribution in [0.15, 0.2) is 42.5 Å². The number of benzene rings is 2. The van der Waals surface area contributed by atoms with Crippen LogP contribution in [-0.4, -0.2) is 13.2 Å². The maximum absolute atomic E-state index is 5.52. The molecule has 3 heteroatoms. The normalized spacial score (nSPS) is 12.7. The lowest BCUT2D eigenvalue weighted by molar-refractivity contribution is 0.340. The minimum atomic E-state index is 0.694. The second-order valence-electron chi connectivity index (χ2n) is 4.94. The lowest BCUT2D eigenvalue weighted by atomic mass is 10.1. The number of anilines is 2. The Morgan fingerprint density at radius 1 is 1.20 bits per heavy atom. The Balaban J connectivity index is 1.71. The van der Waals surface area contributed by atoms with Crippen molar-refractivity contribution in [2.45, 2.75) is 19.9 Å². The second-order valence-corrected chi connectivity index (χ2v) is 4.94. The summed E-state index contributed by atoms with van der Waals surface area (Å²) in [6.07, 6.45) is 1.13. The highest BCUT2D eigenvalue weighted by Crippen LogP contribution is 2.27. The topological polar surface area (TPSA) is 33.3 Å². The molecule has 1 heterocycles. The molecule has 3 nitrogen and oxygen atoms in total. The van der Waals surface area contributed by atoms with E-state index in [0.717, 1.165) is 30.9 Å². The van der Waals surface area contributed by atoms with Gasteiger partial charge in [-0.05, 0) is 36.6 Å². The molecule has 20 heavy (non-hydrogen) atoms. The van der Waals surface area contributed by atoms with Crippen molar-refractivity contribution in [2.24, 2.45) is 0 Å². The monoisotopic (exact) mass is 268 g/mol. The first-order chi connectivity index (χ1) is 9.86. The first-order valence-corrected chi connectivity index (χ1v) is 7.18. The van der Waals surface area contributed by atoms with Crippen LogP contribution in [0.25, 0.3) is 0 Å². The van der Waals surface area contributed by atoms with Crippen LogP contribution in [0.5, 0.6) is 5.75 Å². The fourth-order valence-corrected chi connectivity index (χ4v) is 2.62. The largest absolute Gasteiger partial charge is 0.494 e. The van der Waals surface area contributed by atoms with Crippen LogP contribution < -0.4 is 15.4 Å². The molecule has 3 rings (SSSR count).